The zero-order valence-corrected chi connectivity index (χ0v) is 16.4. The molecule has 2 atom stereocenters. The van der Waals surface area contributed by atoms with Crippen LogP contribution in [0.1, 0.15) is 37.7 Å². The molecule has 2 aliphatic heterocycles. The maximum absolute atomic E-state index is 12.6. The van der Waals surface area contributed by atoms with Crippen molar-refractivity contribution in [2.45, 2.75) is 38.6 Å². The van der Waals surface area contributed by atoms with E-state index in [9.17, 15) is 14.4 Å². The van der Waals surface area contributed by atoms with Gasteiger partial charge in [-0.05, 0) is 18.4 Å². The van der Waals surface area contributed by atoms with Crippen LogP contribution in [0.15, 0.2) is 30.3 Å². The number of nitrogens with zero attached hydrogens (tertiary/aromatic N) is 3. The van der Waals surface area contributed by atoms with Gasteiger partial charge in [0, 0.05) is 45.7 Å². The van der Waals surface area contributed by atoms with E-state index in [1.165, 1.54) is 10.5 Å². The van der Waals surface area contributed by atoms with Gasteiger partial charge in [0.15, 0.2) is 0 Å². The van der Waals surface area contributed by atoms with E-state index in [1.807, 2.05) is 23.1 Å². The standard InChI is InChI=1S/C22H29N3O3/c26-20(10-11-25-21(27)18-8-4-5-9-19(18)22(25)28)24-14-12-23(13-15-24)16-17-6-2-1-3-7-17/h1-3,6-7,18-19H,4-5,8-16H2. The van der Waals surface area contributed by atoms with Crippen molar-refractivity contribution in [2.24, 2.45) is 11.8 Å². The number of likely N-dealkylation sites (tertiary alicyclic amines) is 1. The molecule has 6 nitrogen and oxygen atoms in total. The van der Waals surface area contributed by atoms with Gasteiger partial charge in [-0.25, -0.2) is 0 Å². The van der Waals surface area contributed by atoms with Crippen molar-refractivity contribution in [3.8, 4) is 0 Å². The number of piperazine rings is 1. The monoisotopic (exact) mass is 383 g/mol. The molecular formula is C22H29N3O3. The fourth-order valence-corrected chi connectivity index (χ4v) is 4.81. The molecule has 0 bridgehead atoms. The van der Waals surface area contributed by atoms with E-state index in [2.05, 4.69) is 17.0 Å². The summed E-state index contributed by atoms with van der Waals surface area (Å²) >= 11 is 0. The maximum atomic E-state index is 12.6. The fraction of sp³-hybridized carbons (Fsp3) is 0.591. The van der Waals surface area contributed by atoms with Crippen LogP contribution in [-0.4, -0.2) is 65.1 Å². The molecule has 28 heavy (non-hydrogen) atoms. The van der Waals surface area contributed by atoms with Gasteiger partial charge in [0.25, 0.3) is 0 Å². The van der Waals surface area contributed by atoms with E-state index in [0.717, 1.165) is 45.3 Å². The van der Waals surface area contributed by atoms with Crippen molar-refractivity contribution >= 4 is 17.7 Å². The Hall–Kier alpha value is -2.21. The molecule has 2 heterocycles. The summed E-state index contributed by atoms with van der Waals surface area (Å²) in [6.07, 6.45) is 3.95. The van der Waals surface area contributed by atoms with E-state index >= 15 is 0 Å². The number of amides is 3. The van der Waals surface area contributed by atoms with Gasteiger partial charge >= 0.3 is 0 Å². The first-order valence-electron chi connectivity index (χ1n) is 10.5. The quantitative estimate of drug-likeness (QED) is 0.729. The molecule has 0 aromatic heterocycles. The summed E-state index contributed by atoms with van der Waals surface area (Å²) in [5, 5.41) is 0. The number of carbonyl (C=O) groups is 3. The van der Waals surface area contributed by atoms with E-state index in [0.29, 0.717) is 13.1 Å². The second-order valence-electron chi connectivity index (χ2n) is 8.22. The summed E-state index contributed by atoms with van der Waals surface area (Å²) in [6.45, 7) is 4.27. The van der Waals surface area contributed by atoms with Crippen LogP contribution in [0.5, 0.6) is 0 Å². The van der Waals surface area contributed by atoms with Gasteiger partial charge in [0.2, 0.25) is 17.7 Å². The Morgan fingerprint density at radius 1 is 0.893 bits per heavy atom. The Bertz CT molecular complexity index is 704. The van der Waals surface area contributed by atoms with Crippen LogP contribution in [0.2, 0.25) is 0 Å². The van der Waals surface area contributed by atoms with E-state index in [4.69, 9.17) is 0 Å². The lowest BCUT2D eigenvalue weighted by Gasteiger charge is -2.35. The van der Waals surface area contributed by atoms with Crippen molar-refractivity contribution in [1.29, 1.82) is 0 Å². The summed E-state index contributed by atoms with van der Waals surface area (Å²) in [6, 6.07) is 10.4. The average Bonchev–Trinajstić information content (AvgIpc) is 2.98. The van der Waals surface area contributed by atoms with Crippen LogP contribution in [0.25, 0.3) is 0 Å². The lowest BCUT2D eigenvalue weighted by molar-refractivity contribution is -0.141. The van der Waals surface area contributed by atoms with Gasteiger partial charge in [0.1, 0.15) is 0 Å². The highest BCUT2D eigenvalue weighted by atomic mass is 16.2. The largest absolute Gasteiger partial charge is 0.340 e. The fourth-order valence-electron chi connectivity index (χ4n) is 4.81. The summed E-state index contributed by atoms with van der Waals surface area (Å²) in [4.78, 5) is 43.3. The predicted molar refractivity (Wildman–Crippen MR) is 105 cm³/mol. The van der Waals surface area contributed by atoms with E-state index in [-0.39, 0.29) is 42.5 Å². The predicted octanol–water partition coefficient (Wildman–Crippen LogP) is 1.90. The molecule has 1 aliphatic carbocycles. The number of carbonyl (C=O) groups excluding carboxylic acids is 3. The molecule has 6 heteroatoms. The minimum absolute atomic E-state index is 0.0461. The van der Waals surface area contributed by atoms with Crippen molar-refractivity contribution in [3.05, 3.63) is 35.9 Å². The molecule has 150 valence electrons. The third-order valence-electron chi connectivity index (χ3n) is 6.46. The topological polar surface area (TPSA) is 60.9 Å². The summed E-state index contributed by atoms with van der Waals surface area (Å²) in [5.74, 6) is -0.295. The van der Waals surface area contributed by atoms with Crippen molar-refractivity contribution in [1.82, 2.24) is 14.7 Å². The SMILES string of the molecule is O=C(CCN1C(=O)C2CCCCC2C1=O)N1CCN(Cc2ccccc2)CC1. The van der Waals surface area contributed by atoms with Crippen LogP contribution >= 0.6 is 0 Å². The molecule has 2 unspecified atom stereocenters. The van der Waals surface area contributed by atoms with Crippen LogP contribution < -0.4 is 0 Å². The smallest absolute Gasteiger partial charge is 0.233 e. The summed E-state index contributed by atoms with van der Waals surface area (Å²) < 4.78 is 0. The number of rotatable bonds is 5. The van der Waals surface area contributed by atoms with Crippen LogP contribution in [0.4, 0.5) is 0 Å². The minimum atomic E-state index is -0.127. The molecule has 3 fully saturated rings. The normalized spacial score (nSPS) is 25.9. The first kappa shape index (κ1) is 19.1. The average molecular weight is 383 g/mol. The molecular weight excluding hydrogens is 354 g/mol. The second kappa shape index (κ2) is 8.43. The zero-order chi connectivity index (χ0) is 19.5. The number of hydrogen-bond acceptors (Lipinski definition) is 4. The van der Waals surface area contributed by atoms with Gasteiger partial charge in [-0.2, -0.15) is 0 Å². The number of fused-ring (bicyclic) bond motifs is 1. The molecule has 1 aromatic rings. The number of hydrogen-bond donors (Lipinski definition) is 0. The second-order valence-corrected chi connectivity index (χ2v) is 8.22. The Kier molecular flexibility index (Phi) is 5.76. The molecule has 0 N–H and O–H groups in total. The molecule has 3 aliphatic rings. The zero-order valence-electron chi connectivity index (χ0n) is 16.4. The van der Waals surface area contributed by atoms with Crippen LogP contribution in [-0.2, 0) is 20.9 Å². The highest BCUT2D eigenvalue weighted by Crippen LogP contribution is 2.38. The van der Waals surface area contributed by atoms with Crippen LogP contribution in [0, 0.1) is 11.8 Å². The number of imide groups is 1. The Labute approximate surface area is 166 Å². The van der Waals surface area contributed by atoms with Crippen molar-refractivity contribution in [3.63, 3.8) is 0 Å². The van der Waals surface area contributed by atoms with Crippen molar-refractivity contribution in [2.75, 3.05) is 32.7 Å². The van der Waals surface area contributed by atoms with Gasteiger partial charge in [-0.1, -0.05) is 43.2 Å². The Morgan fingerprint density at radius 2 is 1.50 bits per heavy atom. The minimum Gasteiger partial charge on any atom is -0.340 e. The van der Waals surface area contributed by atoms with Gasteiger partial charge in [0.05, 0.1) is 11.8 Å². The van der Waals surface area contributed by atoms with E-state index in [1.54, 1.807) is 0 Å². The highest BCUT2D eigenvalue weighted by Gasteiger charge is 2.47. The lowest BCUT2D eigenvalue weighted by atomic mass is 9.81. The molecule has 4 rings (SSSR count). The lowest BCUT2D eigenvalue weighted by Crippen LogP contribution is -2.49. The molecule has 1 saturated carbocycles. The van der Waals surface area contributed by atoms with Crippen molar-refractivity contribution < 1.29 is 14.4 Å². The third-order valence-corrected chi connectivity index (χ3v) is 6.46. The molecule has 0 spiro atoms. The number of benzene rings is 1. The van der Waals surface area contributed by atoms with Crippen LogP contribution in [0.3, 0.4) is 0 Å². The third kappa shape index (κ3) is 3.97. The highest BCUT2D eigenvalue weighted by molar-refractivity contribution is 6.05. The van der Waals surface area contributed by atoms with Gasteiger partial charge < -0.3 is 4.90 Å². The first-order chi connectivity index (χ1) is 13.6. The van der Waals surface area contributed by atoms with E-state index < -0.39 is 0 Å². The molecule has 0 radical (unpaired) electrons. The summed E-state index contributed by atoms with van der Waals surface area (Å²) in [5.41, 5.74) is 1.29. The Morgan fingerprint density at radius 3 is 2.11 bits per heavy atom. The molecule has 3 amide bonds. The maximum Gasteiger partial charge on any atom is 0.233 e. The Balaban J connectivity index is 1.24. The molecule has 1 aromatic carbocycles. The summed E-state index contributed by atoms with van der Waals surface area (Å²) in [7, 11) is 0. The first-order valence-corrected chi connectivity index (χ1v) is 10.5. The van der Waals surface area contributed by atoms with Gasteiger partial charge in [-0.3, -0.25) is 24.2 Å². The molecule has 2 saturated heterocycles. The van der Waals surface area contributed by atoms with Gasteiger partial charge in [-0.15, -0.1) is 0 Å².